The van der Waals surface area contributed by atoms with Crippen LogP contribution in [0.1, 0.15) is 286 Å². The highest BCUT2D eigenvalue weighted by molar-refractivity contribution is 5.71. The van der Waals surface area contributed by atoms with Gasteiger partial charge in [-0.05, 0) is 37.0 Å². The Hall–Kier alpha value is -1.59. The normalized spacial score (nSPS) is 12.2. The molecule has 0 radical (unpaired) electrons. The average Bonchev–Trinajstić information content (AvgIpc) is 3.19. The van der Waals surface area contributed by atoms with Crippen LogP contribution in [0.25, 0.3) is 0 Å². The summed E-state index contributed by atoms with van der Waals surface area (Å²) in [5.74, 6) is 1.59. The predicted octanol–water partition coefficient (Wildman–Crippen LogP) is 16.8. The number of unbranched alkanes of at least 4 members (excludes halogenated alkanes) is 29. The largest absolute Gasteiger partial charge is 0.462 e. The van der Waals surface area contributed by atoms with Crippen molar-refractivity contribution in [1.29, 1.82) is 0 Å². The highest BCUT2D eigenvalue weighted by Crippen LogP contribution is 2.18. The van der Waals surface area contributed by atoms with E-state index in [-0.39, 0.29) is 31.1 Å². The summed E-state index contributed by atoms with van der Waals surface area (Å²) < 4.78 is 16.8. The molecule has 0 aliphatic heterocycles. The number of carbonyl (C=O) groups excluding carboxylic acids is 3. The molecular weight excluding hydrogens is 733 g/mol. The van der Waals surface area contributed by atoms with Gasteiger partial charge in [0.05, 0.1) is 0 Å². The van der Waals surface area contributed by atoms with Gasteiger partial charge < -0.3 is 14.2 Å². The zero-order valence-electron chi connectivity index (χ0n) is 40.5. The third-order valence-electron chi connectivity index (χ3n) is 11.9. The summed E-state index contributed by atoms with van der Waals surface area (Å²) in [5, 5.41) is 0. The van der Waals surface area contributed by atoms with Crippen LogP contribution in [-0.4, -0.2) is 37.2 Å². The Labute approximate surface area is 368 Å². The Kier molecular flexibility index (Phi) is 43.3. The maximum Gasteiger partial charge on any atom is 0.306 e. The topological polar surface area (TPSA) is 78.9 Å². The second-order valence-corrected chi connectivity index (χ2v) is 19.6. The SMILES string of the molecule is CC(C)CCCCCCCCCCCCCCCCCCC(=O)O[C@@H](COC(=O)CCCCCCCCCCCC(C)C)COC(=O)CCCCCCCCCC(C)C. The van der Waals surface area contributed by atoms with E-state index in [0.29, 0.717) is 19.3 Å². The molecule has 0 unspecified atom stereocenters. The molecule has 1 atom stereocenters. The summed E-state index contributed by atoms with van der Waals surface area (Å²) in [6, 6.07) is 0. The minimum atomic E-state index is -0.763. The first-order chi connectivity index (χ1) is 28.6. The van der Waals surface area contributed by atoms with E-state index < -0.39 is 6.10 Å². The van der Waals surface area contributed by atoms with Crippen molar-refractivity contribution in [3.8, 4) is 0 Å². The first kappa shape index (κ1) is 57.4. The molecule has 0 aliphatic rings. The molecule has 0 bridgehead atoms. The molecule has 0 fully saturated rings. The van der Waals surface area contributed by atoms with Crippen molar-refractivity contribution in [1.82, 2.24) is 0 Å². The lowest BCUT2D eigenvalue weighted by Crippen LogP contribution is -2.30. The van der Waals surface area contributed by atoms with Crippen molar-refractivity contribution < 1.29 is 28.6 Å². The van der Waals surface area contributed by atoms with E-state index in [2.05, 4.69) is 41.5 Å². The molecule has 0 aromatic carbocycles. The van der Waals surface area contributed by atoms with Gasteiger partial charge in [-0.3, -0.25) is 14.4 Å². The number of hydrogen-bond donors (Lipinski definition) is 0. The molecule has 6 heteroatoms. The van der Waals surface area contributed by atoms with Gasteiger partial charge in [0.15, 0.2) is 6.10 Å². The number of hydrogen-bond acceptors (Lipinski definition) is 6. The quantitative estimate of drug-likeness (QED) is 0.0345. The summed E-state index contributed by atoms with van der Waals surface area (Å²) in [6.45, 7) is 13.7. The molecule has 59 heavy (non-hydrogen) atoms. The Morgan fingerprint density at radius 3 is 0.729 bits per heavy atom. The molecule has 0 saturated heterocycles. The smallest absolute Gasteiger partial charge is 0.306 e. The Bertz CT molecular complexity index is 914. The lowest BCUT2D eigenvalue weighted by atomic mass is 10.0. The van der Waals surface area contributed by atoms with Crippen LogP contribution < -0.4 is 0 Å². The van der Waals surface area contributed by atoms with Crippen molar-refractivity contribution in [2.24, 2.45) is 17.8 Å². The molecular formula is C53H102O6. The molecule has 0 amide bonds. The van der Waals surface area contributed by atoms with Crippen LogP contribution in [0, 0.1) is 17.8 Å². The van der Waals surface area contributed by atoms with Gasteiger partial charge in [0.1, 0.15) is 13.2 Å². The highest BCUT2D eigenvalue weighted by atomic mass is 16.6. The van der Waals surface area contributed by atoms with Gasteiger partial charge in [0.2, 0.25) is 0 Å². The zero-order valence-corrected chi connectivity index (χ0v) is 40.5. The van der Waals surface area contributed by atoms with E-state index in [4.69, 9.17) is 14.2 Å². The fourth-order valence-electron chi connectivity index (χ4n) is 7.94. The summed E-state index contributed by atoms with van der Waals surface area (Å²) >= 11 is 0. The van der Waals surface area contributed by atoms with E-state index in [0.717, 1.165) is 75.5 Å². The lowest BCUT2D eigenvalue weighted by Gasteiger charge is -2.18. The van der Waals surface area contributed by atoms with Crippen LogP contribution >= 0.6 is 0 Å². The van der Waals surface area contributed by atoms with Crippen LogP contribution in [0.3, 0.4) is 0 Å². The molecule has 0 saturated carbocycles. The molecule has 0 aliphatic carbocycles. The lowest BCUT2D eigenvalue weighted by molar-refractivity contribution is -0.167. The van der Waals surface area contributed by atoms with Gasteiger partial charge in [0.25, 0.3) is 0 Å². The van der Waals surface area contributed by atoms with Crippen molar-refractivity contribution in [3.05, 3.63) is 0 Å². The molecule has 0 heterocycles. The van der Waals surface area contributed by atoms with Crippen molar-refractivity contribution >= 4 is 17.9 Å². The fourth-order valence-corrected chi connectivity index (χ4v) is 7.94. The summed E-state index contributed by atoms with van der Waals surface area (Å²) in [6.07, 6.45) is 43.9. The first-order valence-electron chi connectivity index (χ1n) is 26.1. The minimum Gasteiger partial charge on any atom is -0.462 e. The second kappa shape index (κ2) is 44.5. The van der Waals surface area contributed by atoms with Crippen LogP contribution in [0.5, 0.6) is 0 Å². The number of rotatable bonds is 46. The van der Waals surface area contributed by atoms with E-state index in [1.165, 1.54) is 167 Å². The Balaban J connectivity index is 4.26. The van der Waals surface area contributed by atoms with Crippen molar-refractivity contribution in [2.45, 2.75) is 292 Å². The first-order valence-corrected chi connectivity index (χ1v) is 26.1. The molecule has 0 rings (SSSR count). The number of carbonyl (C=O) groups is 3. The highest BCUT2D eigenvalue weighted by Gasteiger charge is 2.19. The fraction of sp³-hybridized carbons (Fsp3) is 0.943. The average molecular weight is 835 g/mol. The predicted molar refractivity (Wildman–Crippen MR) is 252 cm³/mol. The van der Waals surface area contributed by atoms with E-state index in [9.17, 15) is 14.4 Å². The molecule has 350 valence electrons. The van der Waals surface area contributed by atoms with Crippen molar-refractivity contribution in [2.75, 3.05) is 13.2 Å². The van der Waals surface area contributed by atoms with Crippen LogP contribution in [0.2, 0.25) is 0 Å². The van der Waals surface area contributed by atoms with E-state index in [1.54, 1.807) is 0 Å². The minimum absolute atomic E-state index is 0.0654. The number of ether oxygens (including phenoxy) is 3. The third kappa shape index (κ3) is 47.3. The monoisotopic (exact) mass is 835 g/mol. The van der Waals surface area contributed by atoms with Crippen LogP contribution in [0.15, 0.2) is 0 Å². The van der Waals surface area contributed by atoms with Crippen LogP contribution in [0.4, 0.5) is 0 Å². The van der Waals surface area contributed by atoms with Gasteiger partial charge >= 0.3 is 17.9 Å². The second-order valence-electron chi connectivity index (χ2n) is 19.6. The van der Waals surface area contributed by atoms with Gasteiger partial charge in [-0.1, -0.05) is 247 Å². The van der Waals surface area contributed by atoms with Crippen molar-refractivity contribution in [3.63, 3.8) is 0 Å². The summed E-state index contributed by atoms with van der Waals surface area (Å²) in [4.78, 5) is 37.9. The summed E-state index contributed by atoms with van der Waals surface area (Å²) in [7, 11) is 0. The zero-order chi connectivity index (χ0) is 43.4. The molecule has 0 aromatic heterocycles. The molecule has 0 spiro atoms. The molecule has 6 nitrogen and oxygen atoms in total. The standard InChI is InChI=1S/C53H102O6/c1-47(2)39-33-27-21-16-13-11-9-7-8-10-12-14-18-25-32-38-44-53(56)59-50(46-58-52(55)43-37-31-26-20-23-29-35-41-49(5)6)45-57-51(54)42-36-30-24-19-15-17-22-28-34-40-48(3)4/h47-50H,7-46H2,1-6H3/t50-/m0/s1. The van der Waals surface area contributed by atoms with Gasteiger partial charge in [-0.2, -0.15) is 0 Å². The molecule has 0 aromatic rings. The maximum atomic E-state index is 12.8. The Morgan fingerprint density at radius 2 is 0.492 bits per heavy atom. The van der Waals surface area contributed by atoms with Crippen LogP contribution in [-0.2, 0) is 28.6 Å². The van der Waals surface area contributed by atoms with Gasteiger partial charge in [-0.15, -0.1) is 0 Å². The maximum absolute atomic E-state index is 12.8. The summed E-state index contributed by atoms with van der Waals surface area (Å²) in [5.41, 5.74) is 0. The third-order valence-corrected chi connectivity index (χ3v) is 11.9. The molecule has 0 N–H and O–H groups in total. The Morgan fingerprint density at radius 1 is 0.288 bits per heavy atom. The van der Waals surface area contributed by atoms with E-state index in [1.807, 2.05) is 0 Å². The number of esters is 3. The van der Waals surface area contributed by atoms with Gasteiger partial charge in [-0.25, -0.2) is 0 Å². The van der Waals surface area contributed by atoms with E-state index >= 15 is 0 Å². The van der Waals surface area contributed by atoms with Gasteiger partial charge in [0, 0.05) is 19.3 Å².